The minimum Gasteiger partial charge on any atom is -0.312 e. The van der Waals surface area contributed by atoms with Gasteiger partial charge in [0.2, 0.25) is 0 Å². The van der Waals surface area contributed by atoms with E-state index in [0.29, 0.717) is 0 Å². The Morgan fingerprint density at radius 2 is 1.79 bits per heavy atom. The fourth-order valence-corrected chi connectivity index (χ4v) is 2.10. The van der Waals surface area contributed by atoms with Crippen LogP contribution in [0.3, 0.4) is 0 Å². The number of aromatic nitrogens is 2. The molecule has 5 heteroatoms. The summed E-state index contributed by atoms with van der Waals surface area (Å²) in [7, 11) is 0. The molecule has 0 spiro atoms. The molecule has 2 rings (SSSR count). The lowest BCUT2D eigenvalue weighted by Gasteiger charge is -2.05. The average Bonchev–Trinajstić information content (AvgIpc) is 2.46. The third-order valence-corrected chi connectivity index (χ3v) is 3.52. The van der Waals surface area contributed by atoms with Crippen molar-refractivity contribution in [1.82, 2.24) is 15.3 Å². The van der Waals surface area contributed by atoms with Crippen molar-refractivity contribution >= 4 is 23.4 Å². The number of hydrogen-bond acceptors (Lipinski definition) is 4. The Labute approximate surface area is 122 Å². The number of halogens is 1. The smallest absolute Gasteiger partial charge is 0.187 e. The van der Waals surface area contributed by atoms with Gasteiger partial charge < -0.3 is 5.32 Å². The molecule has 0 fully saturated rings. The Kier molecular flexibility index (Phi) is 5.63. The van der Waals surface area contributed by atoms with E-state index in [9.17, 15) is 0 Å². The van der Waals surface area contributed by atoms with Crippen molar-refractivity contribution in [2.45, 2.75) is 18.1 Å². The second-order valence-corrected chi connectivity index (χ2v) is 5.34. The minimum absolute atomic E-state index is 0.780. The molecule has 0 atom stereocenters. The van der Waals surface area contributed by atoms with Gasteiger partial charge in [-0.2, -0.15) is 0 Å². The van der Waals surface area contributed by atoms with Crippen LogP contribution in [0.1, 0.15) is 11.1 Å². The van der Waals surface area contributed by atoms with Crippen LogP contribution in [0.4, 0.5) is 0 Å². The quantitative estimate of drug-likeness (QED) is 0.504. The van der Waals surface area contributed by atoms with Crippen molar-refractivity contribution < 1.29 is 0 Å². The van der Waals surface area contributed by atoms with Crippen molar-refractivity contribution in [3.63, 3.8) is 0 Å². The normalized spacial score (nSPS) is 10.6. The summed E-state index contributed by atoms with van der Waals surface area (Å²) in [4.78, 5) is 8.48. The van der Waals surface area contributed by atoms with E-state index in [1.165, 1.54) is 5.56 Å². The highest BCUT2D eigenvalue weighted by Gasteiger charge is 1.97. The highest BCUT2D eigenvalue weighted by atomic mass is 35.5. The topological polar surface area (TPSA) is 37.8 Å². The van der Waals surface area contributed by atoms with Gasteiger partial charge in [0.25, 0.3) is 0 Å². The monoisotopic (exact) mass is 293 g/mol. The van der Waals surface area contributed by atoms with E-state index in [2.05, 4.69) is 27.4 Å². The first-order valence-electron chi connectivity index (χ1n) is 6.08. The summed E-state index contributed by atoms with van der Waals surface area (Å²) in [5.74, 6) is 0. The number of thioether (sulfide) groups is 1. The summed E-state index contributed by atoms with van der Waals surface area (Å²) in [6.45, 7) is 1.72. The van der Waals surface area contributed by atoms with Crippen LogP contribution in [0.25, 0.3) is 0 Å². The average molecular weight is 294 g/mol. The first kappa shape index (κ1) is 14.3. The van der Waals surface area contributed by atoms with Gasteiger partial charge in [-0.15, -0.1) is 0 Å². The van der Waals surface area contributed by atoms with E-state index in [4.69, 9.17) is 11.6 Å². The molecule has 0 radical (unpaired) electrons. The molecular weight excluding hydrogens is 278 g/mol. The zero-order valence-corrected chi connectivity index (χ0v) is 12.3. The molecule has 19 heavy (non-hydrogen) atoms. The maximum Gasteiger partial charge on any atom is 0.187 e. The van der Waals surface area contributed by atoms with Gasteiger partial charge in [0, 0.05) is 29.5 Å². The molecule has 0 aliphatic rings. The van der Waals surface area contributed by atoms with Gasteiger partial charge in [0.15, 0.2) is 5.16 Å². The Morgan fingerprint density at radius 1 is 1.11 bits per heavy atom. The zero-order chi connectivity index (χ0) is 13.5. The molecule has 1 N–H and O–H groups in total. The SMILES string of the molecule is CSc1ncc(CNCCc2ccc(Cl)cc2)cn1. The predicted octanol–water partition coefficient (Wildman–Crippen LogP) is 3.18. The maximum atomic E-state index is 5.85. The Bertz CT molecular complexity index is 499. The third-order valence-electron chi connectivity index (χ3n) is 2.70. The number of rotatable bonds is 6. The second kappa shape index (κ2) is 7.48. The van der Waals surface area contributed by atoms with Crippen LogP contribution < -0.4 is 5.32 Å². The zero-order valence-electron chi connectivity index (χ0n) is 10.8. The Hall–Kier alpha value is -1.10. The van der Waals surface area contributed by atoms with Gasteiger partial charge in [0.1, 0.15) is 0 Å². The summed E-state index contributed by atoms with van der Waals surface area (Å²) in [5, 5.41) is 4.97. The molecule has 0 saturated heterocycles. The molecule has 1 aromatic carbocycles. The first-order chi connectivity index (χ1) is 9.28. The lowest BCUT2D eigenvalue weighted by atomic mass is 10.1. The molecule has 0 saturated carbocycles. The van der Waals surface area contributed by atoms with Crippen LogP contribution in [-0.4, -0.2) is 22.8 Å². The largest absolute Gasteiger partial charge is 0.312 e. The van der Waals surface area contributed by atoms with Crippen molar-refractivity contribution in [2.24, 2.45) is 0 Å². The number of nitrogens with zero attached hydrogens (tertiary/aromatic N) is 2. The predicted molar refractivity (Wildman–Crippen MR) is 80.7 cm³/mol. The van der Waals surface area contributed by atoms with Gasteiger partial charge in [0.05, 0.1) is 0 Å². The molecular formula is C14H16ClN3S. The van der Waals surface area contributed by atoms with Crippen molar-refractivity contribution in [3.8, 4) is 0 Å². The molecule has 0 unspecified atom stereocenters. The van der Waals surface area contributed by atoms with Crippen LogP contribution in [0.15, 0.2) is 41.8 Å². The van der Waals surface area contributed by atoms with Gasteiger partial charge >= 0.3 is 0 Å². The molecule has 2 aromatic rings. The highest BCUT2D eigenvalue weighted by Crippen LogP contribution is 2.10. The van der Waals surface area contributed by atoms with E-state index in [1.54, 1.807) is 11.8 Å². The Balaban J connectivity index is 1.72. The number of hydrogen-bond donors (Lipinski definition) is 1. The molecule has 0 bridgehead atoms. The van der Waals surface area contributed by atoms with Gasteiger partial charge in [-0.3, -0.25) is 0 Å². The van der Waals surface area contributed by atoms with Gasteiger partial charge in [-0.05, 0) is 36.9 Å². The van der Waals surface area contributed by atoms with E-state index in [0.717, 1.165) is 35.3 Å². The fraction of sp³-hybridized carbons (Fsp3) is 0.286. The molecule has 1 heterocycles. The summed E-state index contributed by atoms with van der Waals surface area (Å²) in [5.41, 5.74) is 2.39. The second-order valence-electron chi connectivity index (χ2n) is 4.13. The van der Waals surface area contributed by atoms with Crippen LogP contribution in [-0.2, 0) is 13.0 Å². The number of nitrogens with one attached hydrogen (secondary N) is 1. The number of benzene rings is 1. The first-order valence-corrected chi connectivity index (χ1v) is 7.68. The fourth-order valence-electron chi connectivity index (χ4n) is 1.66. The molecule has 100 valence electrons. The lowest BCUT2D eigenvalue weighted by Crippen LogP contribution is -2.17. The van der Waals surface area contributed by atoms with Crippen LogP contribution in [0.5, 0.6) is 0 Å². The maximum absolute atomic E-state index is 5.85. The summed E-state index contributed by atoms with van der Waals surface area (Å²) >= 11 is 7.40. The molecule has 0 amide bonds. The standard InChI is InChI=1S/C14H16ClN3S/c1-19-14-17-9-12(10-18-14)8-16-7-6-11-2-4-13(15)5-3-11/h2-5,9-10,16H,6-8H2,1H3. The molecule has 3 nitrogen and oxygen atoms in total. The lowest BCUT2D eigenvalue weighted by molar-refractivity contribution is 0.680. The molecule has 1 aromatic heterocycles. The van der Waals surface area contributed by atoms with E-state index in [1.807, 2.05) is 30.8 Å². The summed E-state index contributed by atoms with van der Waals surface area (Å²) < 4.78 is 0. The van der Waals surface area contributed by atoms with Crippen LogP contribution >= 0.6 is 23.4 Å². The Morgan fingerprint density at radius 3 is 2.42 bits per heavy atom. The van der Waals surface area contributed by atoms with E-state index in [-0.39, 0.29) is 0 Å². The van der Waals surface area contributed by atoms with Gasteiger partial charge in [-0.25, -0.2) is 9.97 Å². The van der Waals surface area contributed by atoms with E-state index < -0.39 is 0 Å². The van der Waals surface area contributed by atoms with Crippen molar-refractivity contribution in [1.29, 1.82) is 0 Å². The highest BCUT2D eigenvalue weighted by molar-refractivity contribution is 7.98. The summed E-state index contributed by atoms with van der Waals surface area (Å²) in [6.07, 6.45) is 6.70. The molecule has 0 aliphatic carbocycles. The molecule has 0 aliphatic heterocycles. The third kappa shape index (κ3) is 4.82. The van der Waals surface area contributed by atoms with Gasteiger partial charge in [-0.1, -0.05) is 35.5 Å². The summed E-state index contributed by atoms with van der Waals surface area (Å²) in [6, 6.07) is 7.96. The van der Waals surface area contributed by atoms with Crippen molar-refractivity contribution in [3.05, 3.63) is 52.8 Å². The van der Waals surface area contributed by atoms with E-state index >= 15 is 0 Å². The van der Waals surface area contributed by atoms with Crippen LogP contribution in [0, 0.1) is 0 Å². The van der Waals surface area contributed by atoms with Crippen LogP contribution in [0.2, 0.25) is 5.02 Å². The van der Waals surface area contributed by atoms with Crippen molar-refractivity contribution in [2.75, 3.05) is 12.8 Å². The minimum atomic E-state index is 0.780.